The first-order valence-corrected chi connectivity index (χ1v) is 4.20. The number of pyridine rings is 1. The summed E-state index contributed by atoms with van der Waals surface area (Å²) in [5.74, 6) is -1.11. The lowest BCUT2D eigenvalue weighted by atomic mass is 10.2. The van der Waals surface area contributed by atoms with Crippen LogP contribution in [-0.2, 0) is 16.0 Å². The molecule has 1 heterocycles. The van der Waals surface area contributed by atoms with Crippen molar-refractivity contribution in [2.24, 2.45) is 0 Å². The van der Waals surface area contributed by atoms with E-state index in [1.807, 2.05) is 0 Å². The smallest absolute Gasteiger partial charge is 0.310 e. The first-order chi connectivity index (χ1) is 6.63. The third-order valence-corrected chi connectivity index (χ3v) is 1.59. The van der Waals surface area contributed by atoms with Gasteiger partial charge < -0.3 is 10.5 Å². The second kappa shape index (κ2) is 4.55. The van der Waals surface area contributed by atoms with Crippen LogP contribution in [0.2, 0.25) is 0 Å². The number of anilines is 1. The quantitative estimate of drug-likeness (QED) is 0.579. The van der Waals surface area contributed by atoms with E-state index in [2.05, 4.69) is 9.72 Å². The van der Waals surface area contributed by atoms with Crippen molar-refractivity contribution in [3.05, 3.63) is 23.6 Å². The number of halogens is 1. The second-order valence-electron chi connectivity index (χ2n) is 2.67. The third-order valence-electron chi connectivity index (χ3n) is 1.59. The lowest BCUT2D eigenvalue weighted by molar-refractivity contribution is -0.142. The molecule has 0 fully saturated rings. The Labute approximate surface area is 80.9 Å². The lowest BCUT2D eigenvalue weighted by Gasteiger charge is -2.02. The maximum atomic E-state index is 13.1. The second-order valence-corrected chi connectivity index (χ2v) is 2.67. The Kier molecular flexibility index (Phi) is 3.39. The van der Waals surface area contributed by atoms with Crippen LogP contribution in [0.15, 0.2) is 12.1 Å². The first kappa shape index (κ1) is 10.4. The van der Waals surface area contributed by atoms with Gasteiger partial charge in [-0.05, 0) is 13.0 Å². The molecule has 4 nitrogen and oxygen atoms in total. The molecule has 0 saturated heterocycles. The molecule has 5 heteroatoms. The summed E-state index contributed by atoms with van der Waals surface area (Å²) in [5, 5.41) is 0. The number of carbonyl (C=O) groups excluding carboxylic acids is 1. The van der Waals surface area contributed by atoms with Crippen molar-refractivity contribution >= 4 is 11.8 Å². The molecular formula is C9H11FN2O2. The van der Waals surface area contributed by atoms with Crippen LogP contribution >= 0.6 is 0 Å². The minimum absolute atomic E-state index is 0.0927. The number of ether oxygens (including phenoxy) is 1. The number of nitrogens with zero attached hydrogens (tertiary/aromatic N) is 1. The van der Waals surface area contributed by atoms with Crippen LogP contribution in [0, 0.1) is 5.95 Å². The van der Waals surface area contributed by atoms with E-state index in [1.54, 1.807) is 6.92 Å². The van der Waals surface area contributed by atoms with Gasteiger partial charge in [0.25, 0.3) is 0 Å². The van der Waals surface area contributed by atoms with E-state index in [0.29, 0.717) is 0 Å². The zero-order chi connectivity index (χ0) is 10.6. The van der Waals surface area contributed by atoms with Crippen molar-refractivity contribution in [1.29, 1.82) is 0 Å². The number of hydrogen-bond acceptors (Lipinski definition) is 4. The van der Waals surface area contributed by atoms with E-state index in [1.165, 1.54) is 12.1 Å². The average Bonchev–Trinajstić information content (AvgIpc) is 2.10. The summed E-state index contributed by atoms with van der Waals surface area (Å²) in [6.07, 6.45) is -0.118. The average molecular weight is 198 g/mol. The predicted molar refractivity (Wildman–Crippen MR) is 48.9 cm³/mol. The third kappa shape index (κ3) is 2.69. The Morgan fingerprint density at radius 1 is 1.64 bits per heavy atom. The molecule has 1 aromatic rings. The Balaban J connectivity index is 2.72. The summed E-state index contributed by atoms with van der Waals surface area (Å²) in [7, 11) is 0. The van der Waals surface area contributed by atoms with Gasteiger partial charge in [0, 0.05) is 5.56 Å². The number of aromatic nitrogens is 1. The Morgan fingerprint density at radius 3 is 2.93 bits per heavy atom. The van der Waals surface area contributed by atoms with Crippen molar-refractivity contribution in [1.82, 2.24) is 4.98 Å². The number of rotatable bonds is 3. The molecule has 0 saturated carbocycles. The highest BCUT2D eigenvalue weighted by atomic mass is 19.1. The van der Waals surface area contributed by atoms with E-state index < -0.39 is 11.9 Å². The minimum Gasteiger partial charge on any atom is -0.466 e. The number of nitrogens with two attached hydrogens (primary N) is 1. The lowest BCUT2D eigenvalue weighted by Crippen LogP contribution is -2.09. The van der Waals surface area contributed by atoms with Gasteiger partial charge in [-0.25, -0.2) is 4.98 Å². The highest BCUT2D eigenvalue weighted by Gasteiger charge is 2.09. The molecule has 0 spiro atoms. The van der Waals surface area contributed by atoms with Crippen LogP contribution in [0.3, 0.4) is 0 Å². The van der Waals surface area contributed by atoms with Gasteiger partial charge in [0.05, 0.1) is 13.0 Å². The first-order valence-electron chi connectivity index (χ1n) is 4.20. The van der Waals surface area contributed by atoms with E-state index in [-0.39, 0.29) is 24.4 Å². The standard InChI is InChI=1S/C9H11FN2O2/c1-2-14-8(13)5-6-3-4-7(11)12-9(6)10/h3-4H,2,5H2,1H3,(H2,11,12). The van der Waals surface area contributed by atoms with Crippen molar-refractivity contribution < 1.29 is 13.9 Å². The van der Waals surface area contributed by atoms with E-state index >= 15 is 0 Å². The Bertz CT molecular complexity index is 342. The normalized spacial score (nSPS) is 9.86. The Morgan fingerprint density at radius 2 is 2.36 bits per heavy atom. The fraction of sp³-hybridized carbons (Fsp3) is 0.333. The van der Waals surface area contributed by atoms with Gasteiger partial charge in [0.1, 0.15) is 5.82 Å². The molecule has 0 radical (unpaired) electrons. The molecule has 0 amide bonds. The van der Waals surface area contributed by atoms with Gasteiger partial charge in [-0.1, -0.05) is 6.07 Å². The number of carbonyl (C=O) groups is 1. The van der Waals surface area contributed by atoms with Crippen LogP contribution < -0.4 is 5.73 Å². The molecule has 0 aliphatic heterocycles. The molecule has 0 atom stereocenters. The van der Waals surface area contributed by atoms with Crippen LogP contribution in [0.1, 0.15) is 12.5 Å². The molecule has 2 N–H and O–H groups in total. The maximum Gasteiger partial charge on any atom is 0.310 e. The summed E-state index contributed by atoms with van der Waals surface area (Å²) < 4.78 is 17.7. The van der Waals surface area contributed by atoms with Gasteiger partial charge in [-0.15, -0.1) is 0 Å². The molecule has 76 valence electrons. The Hall–Kier alpha value is -1.65. The number of esters is 1. The molecule has 0 aliphatic carbocycles. The van der Waals surface area contributed by atoms with Crippen LogP contribution in [0.5, 0.6) is 0 Å². The van der Waals surface area contributed by atoms with E-state index in [9.17, 15) is 9.18 Å². The molecule has 0 aromatic carbocycles. The van der Waals surface area contributed by atoms with E-state index in [4.69, 9.17) is 5.73 Å². The fourth-order valence-electron chi connectivity index (χ4n) is 0.977. The van der Waals surface area contributed by atoms with Gasteiger partial charge in [0.2, 0.25) is 5.95 Å². The summed E-state index contributed by atoms with van der Waals surface area (Å²) in [4.78, 5) is 14.4. The molecule has 0 unspecified atom stereocenters. The number of nitrogen functional groups attached to an aromatic ring is 1. The van der Waals surface area contributed by atoms with Gasteiger partial charge in [-0.2, -0.15) is 4.39 Å². The summed E-state index contributed by atoms with van der Waals surface area (Å²) in [6.45, 7) is 1.97. The molecular weight excluding hydrogens is 187 g/mol. The monoisotopic (exact) mass is 198 g/mol. The zero-order valence-corrected chi connectivity index (χ0v) is 7.79. The summed E-state index contributed by atoms with van der Waals surface area (Å²) >= 11 is 0. The SMILES string of the molecule is CCOC(=O)Cc1ccc(N)nc1F. The largest absolute Gasteiger partial charge is 0.466 e. The molecule has 14 heavy (non-hydrogen) atoms. The van der Waals surface area contributed by atoms with Gasteiger partial charge in [0.15, 0.2) is 0 Å². The van der Waals surface area contributed by atoms with Crippen LogP contribution in [0.25, 0.3) is 0 Å². The van der Waals surface area contributed by atoms with Gasteiger partial charge >= 0.3 is 5.97 Å². The maximum absolute atomic E-state index is 13.1. The van der Waals surface area contributed by atoms with E-state index in [0.717, 1.165) is 0 Å². The molecule has 0 bridgehead atoms. The van der Waals surface area contributed by atoms with Gasteiger partial charge in [-0.3, -0.25) is 4.79 Å². The fourth-order valence-corrected chi connectivity index (χ4v) is 0.977. The van der Waals surface area contributed by atoms with Crippen LogP contribution in [-0.4, -0.2) is 17.6 Å². The highest BCUT2D eigenvalue weighted by molar-refractivity contribution is 5.72. The van der Waals surface area contributed by atoms with Crippen molar-refractivity contribution in [2.75, 3.05) is 12.3 Å². The molecule has 1 rings (SSSR count). The van der Waals surface area contributed by atoms with Crippen molar-refractivity contribution in [2.45, 2.75) is 13.3 Å². The molecule has 0 aliphatic rings. The minimum atomic E-state index is -0.724. The predicted octanol–water partition coefficient (Wildman–Crippen LogP) is 0.909. The highest BCUT2D eigenvalue weighted by Crippen LogP contribution is 2.08. The summed E-state index contributed by atoms with van der Waals surface area (Å²) in [5.41, 5.74) is 5.44. The summed E-state index contributed by atoms with van der Waals surface area (Å²) in [6, 6.07) is 2.87. The topological polar surface area (TPSA) is 65.2 Å². The van der Waals surface area contributed by atoms with Crippen LogP contribution in [0.4, 0.5) is 10.2 Å². The molecule has 1 aromatic heterocycles. The zero-order valence-electron chi connectivity index (χ0n) is 7.79. The van der Waals surface area contributed by atoms with Crippen molar-refractivity contribution in [3.8, 4) is 0 Å². The van der Waals surface area contributed by atoms with Crippen molar-refractivity contribution in [3.63, 3.8) is 0 Å². The number of hydrogen-bond donors (Lipinski definition) is 1.